The number of benzene rings is 2. The van der Waals surface area contributed by atoms with Crippen molar-refractivity contribution in [3.63, 3.8) is 0 Å². The highest BCUT2D eigenvalue weighted by Crippen LogP contribution is 2.28. The highest BCUT2D eigenvalue weighted by atomic mass is 16.5. The molecule has 1 aromatic heterocycles. The molecule has 3 N–H and O–H groups in total. The molecule has 1 heterocycles. The monoisotopic (exact) mass is 424 g/mol. The largest absolute Gasteiger partial charge is 0.493 e. The Hall–Kier alpha value is -3.78. The first-order valence-corrected chi connectivity index (χ1v) is 9.76. The SMILES string of the molecule is CC[C@H](COc1ccc(C(=O)NO)cc1)NC(=O)C=Cc1cc2cccc(OC)c2o1. The van der Waals surface area contributed by atoms with Gasteiger partial charge in [-0.15, -0.1) is 0 Å². The van der Waals surface area contributed by atoms with Gasteiger partial charge in [-0.25, -0.2) is 5.48 Å². The van der Waals surface area contributed by atoms with E-state index in [-0.39, 0.29) is 18.6 Å². The van der Waals surface area contributed by atoms with Crippen LogP contribution in [0.3, 0.4) is 0 Å². The number of furan rings is 1. The van der Waals surface area contributed by atoms with Crippen LogP contribution >= 0.6 is 0 Å². The summed E-state index contributed by atoms with van der Waals surface area (Å²) < 4.78 is 16.7. The third-order valence-corrected chi connectivity index (χ3v) is 4.65. The van der Waals surface area contributed by atoms with Crippen molar-refractivity contribution in [2.75, 3.05) is 13.7 Å². The highest BCUT2D eigenvalue weighted by molar-refractivity contribution is 5.93. The number of hydrogen-bond acceptors (Lipinski definition) is 6. The van der Waals surface area contributed by atoms with Gasteiger partial charge in [0.05, 0.1) is 13.2 Å². The number of para-hydroxylation sites is 1. The Morgan fingerprint density at radius 1 is 1.19 bits per heavy atom. The summed E-state index contributed by atoms with van der Waals surface area (Å²) in [5, 5.41) is 12.4. The number of methoxy groups -OCH3 is 1. The number of fused-ring (bicyclic) bond motifs is 1. The summed E-state index contributed by atoms with van der Waals surface area (Å²) in [4.78, 5) is 23.6. The fraction of sp³-hybridized carbons (Fsp3) is 0.217. The molecular weight excluding hydrogens is 400 g/mol. The van der Waals surface area contributed by atoms with Crippen LogP contribution in [0.2, 0.25) is 0 Å². The molecule has 0 unspecified atom stereocenters. The van der Waals surface area contributed by atoms with Crippen LogP contribution in [0.5, 0.6) is 11.5 Å². The smallest absolute Gasteiger partial charge is 0.274 e. The van der Waals surface area contributed by atoms with Crippen molar-refractivity contribution >= 4 is 28.9 Å². The minimum Gasteiger partial charge on any atom is -0.493 e. The number of amides is 2. The molecule has 0 aliphatic carbocycles. The van der Waals surface area contributed by atoms with E-state index in [9.17, 15) is 9.59 Å². The highest BCUT2D eigenvalue weighted by Gasteiger charge is 2.11. The van der Waals surface area contributed by atoms with Gasteiger partial charge in [-0.2, -0.15) is 0 Å². The van der Waals surface area contributed by atoms with Crippen molar-refractivity contribution in [1.29, 1.82) is 0 Å². The van der Waals surface area contributed by atoms with Crippen molar-refractivity contribution in [3.05, 3.63) is 65.9 Å². The average Bonchev–Trinajstić information content (AvgIpc) is 3.23. The number of hydrogen-bond donors (Lipinski definition) is 3. The number of hydroxylamine groups is 1. The Morgan fingerprint density at radius 2 is 1.97 bits per heavy atom. The summed E-state index contributed by atoms with van der Waals surface area (Å²) in [6.07, 6.45) is 3.69. The lowest BCUT2D eigenvalue weighted by Crippen LogP contribution is -2.37. The van der Waals surface area contributed by atoms with E-state index >= 15 is 0 Å². The first kappa shape index (κ1) is 21.9. The van der Waals surface area contributed by atoms with E-state index in [1.807, 2.05) is 31.2 Å². The first-order chi connectivity index (χ1) is 15.0. The van der Waals surface area contributed by atoms with Crippen molar-refractivity contribution in [1.82, 2.24) is 10.8 Å². The second-order valence-electron chi connectivity index (χ2n) is 6.75. The third-order valence-electron chi connectivity index (χ3n) is 4.65. The quantitative estimate of drug-likeness (QED) is 0.275. The van der Waals surface area contributed by atoms with Crippen LogP contribution in [-0.4, -0.2) is 36.8 Å². The molecular formula is C23H24N2O6. The van der Waals surface area contributed by atoms with E-state index in [1.165, 1.54) is 18.2 Å². The van der Waals surface area contributed by atoms with Gasteiger partial charge in [-0.1, -0.05) is 19.1 Å². The van der Waals surface area contributed by atoms with E-state index < -0.39 is 5.91 Å². The van der Waals surface area contributed by atoms with E-state index in [2.05, 4.69) is 5.32 Å². The molecule has 0 saturated carbocycles. The molecule has 0 radical (unpaired) electrons. The van der Waals surface area contributed by atoms with E-state index in [0.717, 1.165) is 5.39 Å². The summed E-state index contributed by atoms with van der Waals surface area (Å²) in [6.45, 7) is 2.21. The fourth-order valence-corrected chi connectivity index (χ4v) is 2.93. The zero-order chi connectivity index (χ0) is 22.2. The second-order valence-corrected chi connectivity index (χ2v) is 6.75. The lowest BCUT2D eigenvalue weighted by Gasteiger charge is -2.17. The maximum Gasteiger partial charge on any atom is 0.274 e. The summed E-state index contributed by atoms with van der Waals surface area (Å²) in [5.41, 5.74) is 2.51. The average molecular weight is 424 g/mol. The zero-order valence-corrected chi connectivity index (χ0v) is 17.3. The molecule has 2 aromatic carbocycles. The number of carbonyl (C=O) groups excluding carboxylic acids is 2. The van der Waals surface area contributed by atoms with E-state index in [4.69, 9.17) is 19.1 Å². The molecule has 0 aliphatic heterocycles. The van der Waals surface area contributed by atoms with Gasteiger partial charge in [0.2, 0.25) is 5.91 Å². The van der Waals surface area contributed by atoms with Gasteiger partial charge in [-0.3, -0.25) is 14.8 Å². The summed E-state index contributed by atoms with van der Waals surface area (Å²) in [5.74, 6) is 0.868. The van der Waals surface area contributed by atoms with Gasteiger partial charge < -0.3 is 19.2 Å². The molecule has 8 nitrogen and oxygen atoms in total. The van der Waals surface area contributed by atoms with Gasteiger partial charge in [-0.05, 0) is 48.9 Å². The minimum atomic E-state index is -0.597. The summed E-state index contributed by atoms with van der Waals surface area (Å²) in [7, 11) is 1.58. The van der Waals surface area contributed by atoms with Gasteiger partial charge in [0.15, 0.2) is 11.3 Å². The van der Waals surface area contributed by atoms with Gasteiger partial charge in [0.1, 0.15) is 18.1 Å². The van der Waals surface area contributed by atoms with Crippen molar-refractivity contribution in [3.8, 4) is 11.5 Å². The maximum atomic E-state index is 12.3. The van der Waals surface area contributed by atoms with Crippen molar-refractivity contribution in [2.45, 2.75) is 19.4 Å². The maximum absolute atomic E-state index is 12.3. The molecule has 2 amide bonds. The molecule has 3 aromatic rings. The molecule has 3 rings (SSSR count). The predicted octanol–water partition coefficient (Wildman–Crippen LogP) is 3.55. The zero-order valence-electron chi connectivity index (χ0n) is 17.3. The molecule has 0 spiro atoms. The number of ether oxygens (including phenoxy) is 2. The first-order valence-electron chi connectivity index (χ1n) is 9.76. The molecule has 1 atom stereocenters. The number of nitrogens with one attached hydrogen (secondary N) is 2. The number of rotatable bonds is 9. The summed E-state index contributed by atoms with van der Waals surface area (Å²) >= 11 is 0. The fourth-order valence-electron chi connectivity index (χ4n) is 2.93. The lowest BCUT2D eigenvalue weighted by atomic mass is 10.2. The molecule has 0 aliphatic rings. The Labute approximate surface area is 179 Å². The van der Waals surface area contributed by atoms with Crippen LogP contribution in [-0.2, 0) is 4.79 Å². The van der Waals surface area contributed by atoms with E-state index in [0.29, 0.717) is 34.8 Å². The van der Waals surface area contributed by atoms with Crippen LogP contribution in [0.25, 0.3) is 17.0 Å². The predicted molar refractivity (Wildman–Crippen MR) is 115 cm³/mol. The van der Waals surface area contributed by atoms with Crippen molar-refractivity contribution in [2.24, 2.45) is 0 Å². The van der Waals surface area contributed by atoms with Gasteiger partial charge in [0, 0.05) is 17.0 Å². The van der Waals surface area contributed by atoms with Crippen LogP contribution in [0.1, 0.15) is 29.5 Å². The summed E-state index contributed by atoms with van der Waals surface area (Å²) in [6, 6.07) is 13.5. The Morgan fingerprint density at radius 3 is 2.65 bits per heavy atom. The minimum absolute atomic E-state index is 0.201. The third kappa shape index (κ3) is 5.64. The van der Waals surface area contributed by atoms with Crippen molar-refractivity contribution < 1.29 is 28.7 Å². The van der Waals surface area contributed by atoms with Gasteiger partial charge >= 0.3 is 0 Å². The molecule has 0 bridgehead atoms. The lowest BCUT2D eigenvalue weighted by molar-refractivity contribution is -0.117. The Bertz CT molecular complexity index is 1070. The molecule has 0 fully saturated rings. The normalized spacial score (nSPS) is 12.0. The number of carbonyl (C=O) groups is 2. The van der Waals surface area contributed by atoms with Crippen LogP contribution in [0.4, 0.5) is 0 Å². The van der Waals surface area contributed by atoms with Crippen LogP contribution < -0.4 is 20.3 Å². The topological polar surface area (TPSA) is 110 Å². The Balaban J connectivity index is 1.55. The molecule has 162 valence electrons. The Kier molecular flexibility index (Phi) is 7.29. The second kappa shape index (κ2) is 10.3. The molecule has 31 heavy (non-hydrogen) atoms. The van der Waals surface area contributed by atoms with Crippen LogP contribution in [0.15, 0.2) is 59.0 Å². The molecule has 0 saturated heterocycles. The molecule has 8 heteroatoms. The van der Waals surface area contributed by atoms with E-state index in [1.54, 1.807) is 30.8 Å². The van der Waals surface area contributed by atoms with Crippen LogP contribution in [0, 0.1) is 0 Å². The van der Waals surface area contributed by atoms with Gasteiger partial charge in [0.25, 0.3) is 5.91 Å². The standard InChI is InChI=1S/C23H24N2O6/c1-3-17(14-30-18-9-7-15(8-10-18)23(27)25-28)24-21(26)12-11-19-13-16-5-4-6-20(29-2)22(16)31-19/h4-13,17,28H,3,14H2,1-2H3,(H,24,26)(H,25,27)/t17-/m1/s1.